The number of oxazole rings is 1. The number of carbonyl (C=O) groups is 1. The first-order valence-corrected chi connectivity index (χ1v) is 8.87. The SMILES string of the molecule is Cc1ccc(-c2cnc(CCC(=O)Nc3ccc4nc[nH]c(=O)c4c3)o2)cc1. The van der Waals surface area contributed by atoms with E-state index in [1.165, 1.54) is 11.9 Å². The summed E-state index contributed by atoms with van der Waals surface area (Å²) in [6.07, 6.45) is 3.62. The van der Waals surface area contributed by atoms with Crippen LogP contribution in [-0.4, -0.2) is 20.9 Å². The number of anilines is 1. The molecule has 7 heteroatoms. The fourth-order valence-corrected chi connectivity index (χ4v) is 2.87. The van der Waals surface area contributed by atoms with Crippen molar-refractivity contribution in [2.45, 2.75) is 19.8 Å². The molecule has 0 spiro atoms. The minimum Gasteiger partial charge on any atom is -0.441 e. The fraction of sp³-hybridized carbons (Fsp3) is 0.143. The van der Waals surface area contributed by atoms with Gasteiger partial charge in [-0.1, -0.05) is 29.8 Å². The van der Waals surface area contributed by atoms with Crippen LogP contribution in [0.1, 0.15) is 17.9 Å². The van der Waals surface area contributed by atoms with Gasteiger partial charge in [-0.25, -0.2) is 9.97 Å². The molecule has 140 valence electrons. The summed E-state index contributed by atoms with van der Waals surface area (Å²) in [6, 6.07) is 13.0. The summed E-state index contributed by atoms with van der Waals surface area (Å²) in [5.41, 5.74) is 2.99. The number of nitrogens with zero attached hydrogens (tertiary/aromatic N) is 2. The van der Waals surface area contributed by atoms with Crippen LogP contribution < -0.4 is 10.9 Å². The molecule has 0 fully saturated rings. The molecule has 0 bridgehead atoms. The zero-order chi connectivity index (χ0) is 19.5. The van der Waals surface area contributed by atoms with Gasteiger partial charge in [-0.15, -0.1) is 0 Å². The van der Waals surface area contributed by atoms with Crippen LogP contribution >= 0.6 is 0 Å². The molecule has 0 aliphatic rings. The van der Waals surface area contributed by atoms with Crippen molar-refractivity contribution in [1.29, 1.82) is 0 Å². The largest absolute Gasteiger partial charge is 0.441 e. The molecule has 0 aliphatic heterocycles. The first kappa shape index (κ1) is 17.7. The number of nitrogens with one attached hydrogen (secondary N) is 2. The summed E-state index contributed by atoms with van der Waals surface area (Å²) >= 11 is 0. The molecule has 7 nitrogen and oxygen atoms in total. The number of benzene rings is 2. The van der Waals surface area contributed by atoms with Gasteiger partial charge in [0.2, 0.25) is 5.91 Å². The van der Waals surface area contributed by atoms with E-state index in [2.05, 4.69) is 20.3 Å². The number of aromatic amines is 1. The first-order valence-electron chi connectivity index (χ1n) is 8.87. The lowest BCUT2D eigenvalue weighted by molar-refractivity contribution is -0.116. The monoisotopic (exact) mass is 374 g/mol. The van der Waals surface area contributed by atoms with Crippen LogP contribution in [0.5, 0.6) is 0 Å². The van der Waals surface area contributed by atoms with Crippen LogP contribution in [0.25, 0.3) is 22.2 Å². The van der Waals surface area contributed by atoms with Crippen molar-refractivity contribution in [3.05, 3.63) is 76.8 Å². The lowest BCUT2D eigenvalue weighted by Gasteiger charge is -2.05. The van der Waals surface area contributed by atoms with Gasteiger partial charge in [0.15, 0.2) is 11.7 Å². The van der Waals surface area contributed by atoms with Gasteiger partial charge >= 0.3 is 0 Å². The Morgan fingerprint density at radius 1 is 1.14 bits per heavy atom. The van der Waals surface area contributed by atoms with Gasteiger partial charge < -0.3 is 14.7 Å². The van der Waals surface area contributed by atoms with Gasteiger partial charge in [0, 0.05) is 24.1 Å². The highest BCUT2D eigenvalue weighted by atomic mass is 16.4. The van der Waals surface area contributed by atoms with Crippen molar-refractivity contribution < 1.29 is 9.21 Å². The number of hydrogen-bond acceptors (Lipinski definition) is 5. The summed E-state index contributed by atoms with van der Waals surface area (Å²) in [5, 5.41) is 3.21. The quantitative estimate of drug-likeness (QED) is 0.557. The first-order chi connectivity index (χ1) is 13.6. The van der Waals surface area contributed by atoms with E-state index in [4.69, 9.17) is 4.42 Å². The topological polar surface area (TPSA) is 101 Å². The summed E-state index contributed by atoms with van der Waals surface area (Å²) in [7, 11) is 0. The third kappa shape index (κ3) is 3.83. The number of rotatable bonds is 5. The molecule has 0 unspecified atom stereocenters. The van der Waals surface area contributed by atoms with Crippen molar-refractivity contribution in [2.24, 2.45) is 0 Å². The molecule has 0 atom stereocenters. The van der Waals surface area contributed by atoms with Crippen LogP contribution in [0, 0.1) is 6.92 Å². The highest BCUT2D eigenvalue weighted by molar-refractivity contribution is 5.93. The maximum absolute atomic E-state index is 12.2. The van der Waals surface area contributed by atoms with E-state index in [0.29, 0.717) is 34.7 Å². The lowest BCUT2D eigenvalue weighted by atomic mass is 10.1. The normalized spacial score (nSPS) is 10.9. The molecular weight excluding hydrogens is 356 g/mol. The summed E-state index contributed by atoms with van der Waals surface area (Å²) in [6.45, 7) is 2.02. The average molecular weight is 374 g/mol. The van der Waals surface area contributed by atoms with Gasteiger partial charge in [0.05, 0.1) is 23.4 Å². The van der Waals surface area contributed by atoms with E-state index in [0.717, 1.165) is 5.56 Å². The number of hydrogen-bond donors (Lipinski definition) is 2. The maximum Gasteiger partial charge on any atom is 0.258 e. The Bertz CT molecular complexity index is 1190. The molecule has 4 rings (SSSR count). The molecule has 1 amide bonds. The van der Waals surface area contributed by atoms with Crippen LogP contribution in [0.2, 0.25) is 0 Å². The second-order valence-electron chi connectivity index (χ2n) is 6.50. The fourth-order valence-electron chi connectivity index (χ4n) is 2.87. The third-order valence-electron chi connectivity index (χ3n) is 4.38. The van der Waals surface area contributed by atoms with Crippen LogP contribution in [0.15, 0.2) is 64.2 Å². The molecule has 0 saturated carbocycles. The molecule has 2 N–H and O–H groups in total. The Hall–Kier alpha value is -3.74. The van der Waals surface area contributed by atoms with E-state index in [1.54, 1.807) is 24.4 Å². The zero-order valence-electron chi connectivity index (χ0n) is 15.2. The van der Waals surface area contributed by atoms with Gasteiger partial charge in [-0.05, 0) is 25.1 Å². The Morgan fingerprint density at radius 2 is 1.96 bits per heavy atom. The van der Waals surface area contributed by atoms with Crippen LogP contribution in [0.4, 0.5) is 5.69 Å². The minimum absolute atomic E-state index is 0.185. The lowest BCUT2D eigenvalue weighted by Crippen LogP contribution is -2.13. The molecule has 0 aliphatic carbocycles. The second-order valence-corrected chi connectivity index (χ2v) is 6.50. The molecule has 4 aromatic rings. The Labute approximate surface area is 160 Å². The minimum atomic E-state index is -0.246. The Balaban J connectivity index is 1.39. The van der Waals surface area contributed by atoms with E-state index in [9.17, 15) is 9.59 Å². The van der Waals surface area contributed by atoms with E-state index in [-0.39, 0.29) is 17.9 Å². The smallest absolute Gasteiger partial charge is 0.258 e. The third-order valence-corrected chi connectivity index (χ3v) is 4.38. The second kappa shape index (κ2) is 7.48. The zero-order valence-corrected chi connectivity index (χ0v) is 15.2. The maximum atomic E-state index is 12.2. The molecule has 0 saturated heterocycles. The van der Waals surface area contributed by atoms with Crippen molar-refractivity contribution in [3.8, 4) is 11.3 Å². The van der Waals surface area contributed by atoms with E-state index >= 15 is 0 Å². The summed E-state index contributed by atoms with van der Waals surface area (Å²) < 4.78 is 5.74. The van der Waals surface area contributed by atoms with Crippen molar-refractivity contribution in [3.63, 3.8) is 0 Å². The number of H-pyrrole nitrogens is 1. The predicted molar refractivity (Wildman–Crippen MR) is 106 cm³/mol. The number of aromatic nitrogens is 3. The van der Waals surface area contributed by atoms with Gasteiger partial charge in [-0.2, -0.15) is 0 Å². The number of fused-ring (bicyclic) bond motifs is 1. The molecule has 0 radical (unpaired) electrons. The van der Waals surface area contributed by atoms with Gasteiger partial charge in [0.25, 0.3) is 5.56 Å². The highest BCUT2D eigenvalue weighted by Gasteiger charge is 2.10. The van der Waals surface area contributed by atoms with Crippen LogP contribution in [0.3, 0.4) is 0 Å². The number of carbonyl (C=O) groups excluding carboxylic acids is 1. The molecule has 2 heterocycles. The van der Waals surface area contributed by atoms with Crippen molar-refractivity contribution >= 4 is 22.5 Å². The summed E-state index contributed by atoms with van der Waals surface area (Å²) in [4.78, 5) is 34.9. The molecule has 28 heavy (non-hydrogen) atoms. The predicted octanol–water partition coefficient (Wildman–Crippen LogP) is 3.46. The Morgan fingerprint density at radius 3 is 2.79 bits per heavy atom. The molecule has 2 aromatic heterocycles. The standard InChI is InChI=1S/C21H18N4O3/c1-13-2-4-14(5-3-13)18-11-22-20(28-18)9-8-19(26)25-15-6-7-17-16(10-15)21(27)24-12-23-17/h2-7,10-12H,8-9H2,1H3,(H,25,26)(H,23,24,27). The van der Waals surface area contributed by atoms with E-state index < -0.39 is 0 Å². The number of amides is 1. The number of aryl methyl sites for hydroxylation is 2. The van der Waals surface area contributed by atoms with Crippen LogP contribution in [-0.2, 0) is 11.2 Å². The van der Waals surface area contributed by atoms with Crippen molar-refractivity contribution in [2.75, 3.05) is 5.32 Å². The van der Waals surface area contributed by atoms with Gasteiger partial charge in [-0.3, -0.25) is 9.59 Å². The van der Waals surface area contributed by atoms with Gasteiger partial charge in [0.1, 0.15) is 0 Å². The molecule has 2 aromatic carbocycles. The van der Waals surface area contributed by atoms with E-state index in [1.807, 2.05) is 31.2 Å². The highest BCUT2D eigenvalue weighted by Crippen LogP contribution is 2.21. The summed E-state index contributed by atoms with van der Waals surface area (Å²) in [5.74, 6) is 0.997. The Kier molecular flexibility index (Phi) is 4.72. The molecular formula is C21H18N4O3. The average Bonchev–Trinajstić information content (AvgIpc) is 3.17. The van der Waals surface area contributed by atoms with Crippen molar-refractivity contribution in [1.82, 2.24) is 15.0 Å².